The summed E-state index contributed by atoms with van der Waals surface area (Å²) in [5.41, 5.74) is 3.25. The van der Waals surface area contributed by atoms with Gasteiger partial charge in [-0.2, -0.15) is 0 Å². The zero-order valence-corrected chi connectivity index (χ0v) is 12.0. The van der Waals surface area contributed by atoms with Crippen LogP contribution >= 0.6 is 0 Å². The van der Waals surface area contributed by atoms with Crippen LogP contribution < -0.4 is 11.1 Å². The standard InChI is InChI=1S/C17H16N2O3/c20-16(18-11-13-4-2-1-3-5-13)9-7-12-6-8-15-14(10-12)19-17(21)22-15/h1-6,8,10H,7,9,11H2,(H,18,20)(H,19,21). The third-order valence-electron chi connectivity index (χ3n) is 3.46. The molecule has 3 aromatic rings. The first-order valence-electron chi connectivity index (χ1n) is 7.13. The van der Waals surface area contributed by atoms with E-state index in [1.807, 2.05) is 42.5 Å². The molecule has 0 saturated carbocycles. The van der Waals surface area contributed by atoms with E-state index >= 15 is 0 Å². The predicted molar refractivity (Wildman–Crippen MR) is 83.4 cm³/mol. The number of oxazole rings is 1. The van der Waals surface area contributed by atoms with Crippen LogP contribution in [0.1, 0.15) is 17.5 Å². The van der Waals surface area contributed by atoms with Gasteiger partial charge in [-0.3, -0.25) is 9.78 Å². The Morgan fingerprint density at radius 2 is 1.91 bits per heavy atom. The molecular formula is C17H16N2O3. The van der Waals surface area contributed by atoms with Crippen LogP contribution in [0.2, 0.25) is 0 Å². The molecule has 22 heavy (non-hydrogen) atoms. The molecule has 1 aromatic heterocycles. The Kier molecular flexibility index (Phi) is 4.05. The fraction of sp³-hybridized carbons (Fsp3) is 0.176. The van der Waals surface area contributed by atoms with E-state index < -0.39 is 5.76 Å². The second-order valence-corrected chi connectivity index (χ2v) is 5.11. The largest absolute Gasteiger partial charge is 0.417 e. The van der Waals surface area contributed by atoms with E-state index in [0.717, 1.165) is 11.1 Å². The Bertz CT molecular complexity index is 834. The number of aryl methyl sites for hydroxylation is 1. The minimum atomic E-state index is -0.465. The van der Waals surface area contributed by atoms with Gasteiger partial charge in [0.05, 0.1) is 5.52 Å². The van der Waals surface area contributed by atoms with Gasteiger partial charge in [0.1, 0.15) is 0 Å². The highest BCUT2D eigenvalue weighted by molar-refractivity contribution is 5.77. The number of aromatic amines is 1. The number of fused-ring (bicyclic) bond motifs is 1. The lowest BCUT2D eigenvalue weighted by atomic mass is 10.1. The third kappa shape index (κ3) is 3.44. The number of hydrogen-bond donors (Lipinski definition) is 2. The molecule has 0 aliphatic carbocycles. The summed E-state index contributed by atoms with van der Waals surface area (Å²) in [7, 11) is 0. The number of H-pyrrole nitrogens is 1. The lowest BCUT2D eigenvalue weighted by Gasteiger charge is -2.05. The monoisotopic (exact) mass is 296 g/mol. The fourth-order valence-corrected chi connectivity index (χ4v) is 2.30. The lowest BCUT2D eigenvalue weighted by molar-refractivity contribution is -0.121. The Labute approximate surface area is 127 Å². The van der Waals surface area contributed by atoms with E-state index in [9.17, 15) is 9.59 Å². The maximum absolute atomic E-state index is 11.9. The predicted octanol–water partition coefficient (Wildman–Crippen LogP) is 2.37. The SMILES string of the molecule is O=C(CCc1ccc2oc(=O)[nH]c2c1)NCc1ccccc1. The topological polar surface area (TPSA) is 75.1 Å². The van der Waals surface area contributed by atoms with E-state index in [1.165, 1.54) is 0 Å². The van der Waals surface area contributed by atoms with Crippen LogP contribution in [0.15, 0.2) is 57.7 Å². The molecule has 0 bridgehead atoms. The Morgan fingerprint density at radius 3 is 2.73 bits per heavy atom. The van der Waals surface area contributed by atoms with Crippen molar-refractivity contribution in [2.24, 2.45) is 0 Å². The first-order chi connectivity index (χ1) is 10.7. The smallest absolute Gasteiger partial charge is 0.408 e. The van der Waals surface area contributed by atoms with Gasteiger partial charge >= 0.3 is 5.76 Å². The summed E-state index contributed by atoms with van der Waals surface area (Å²) in [6.45, 7) is 0.535. The molecule has 0 aliphatic heterocycles. The first-order valence-corrected chi connectivity index (χ1v) is 7.13. The molecule has 5 nitrogen and oxygen atoms in total. The van der Waals surface area contributed by atoms with Crippen molar-refractivity contribution in [3.05, 3.63) is 70.2 Å². The van der Waals surface area contributed by atoms with Crippen LogP contribution in [-0.4, -0.2) is 10.9 Å². The second-order valence-electron chi connectivity index (χ2n) is 5.11. The molecule has 0 spiro atoms. The Morgan fingerprint density at radius 1 is 1.09 bits per heavy atom. The molecule has 0 saturated heterocycles. The van der Waals surface area contributed by atoms with Crippen molar-refractivity contribution < 1.29 is 9.21 Å². The van der Waals surface area contributed by atoms with Crippen molar-refractivity contribution in [1.82, 2.24) is 10.3 Å². The van der Waals surface area contributed by atoms with Gasteiger partial charge in [0.2, 0.25) is 5.91 Å². The summed E-state index contributed by atoms with van der Waals surface area (Å²) in [5.74, 6) is -0.461. The van der Waals surface area contributed by atoms with Crippen LogP contribution in [0.25, 0.3) is 11.1 Å². The molecule has 0 aliphatic rings. The quantitative estimate of drug-likeness (QED) is 0.759. The van der Waals surface area contributed by atoms with Gasteiger partial charge in [-0.25, -0.2) is 4.79 Å². The fourth-order valence-electron chi connectivity index (χ4n) is 2.30. The summed E-state index contributed by atoms with van der Waals surface area (Å²) in [6, 6.07) is 15.2. The van der Waals surface area contributed by atoms with Gasteiger partial charge in [0.25, 0.3) is 0 Å². The number of carbonyl (C=O) groups excluding carboxylic acids is 1. The molecule has 2 aromatic carbocycles. The van der Waals surface area contributed by atoms with Crippen LogP contribution in [-0.2, 0) is 17.8 Å². The van der Waals surface area contributed by atoms with E-state index in [4.69, 9.17) is 4.42 Å². The lowest BCUT2D eigenvalue weighted by Crippen LogP contribution is -2.22. The second kappa shape index (κ2) is 6.30. The molecule has 112 valence electrons. The number of benzene rings is 2. The number of rotatable bonds is 5. The summed E-state index contributed by atoms with van der Waals surface area (Å²) in [4.78, 5) is 25.6. The van der Waals surface area contributed by atoms with Gasteiger partial charge in [-0.15, -0.1) is 0 Å². The van der Waals surface area contributed by atoms with Gasteiger partial charge in [-0.1, -0.05) is 36.4 Å². The van der Waals surface area contributed by atoms with Gasteiger partial charge in [0.15, 0.2) is 5.58 Å². The minimum Gasteiger partial charge on any atom is -0.408 e. The number of amides is 1. The molecule has 0 unspecified atom stereocenters. The highest BCUT2D eigenvalue weighted by Crippen LogP contribution is 2.13. The van der Waals surface area contributed by atoms with Crippen LogP contribution in [0, 0.1) is 0 Å². The molecule has 3 rings (SSSR count). The molecule has 1 amide bonds. The van der Waals surface area contributed by atoms with Crippen LogP contribution in [0.4, 0.5) is 0 Å². The molecule has 1 heterocycles. The number of hydrogen-bond acceptors (Lipinski definition) is 3. The Balaban J connectivity index is 1.54. The van der Waals surface area contributed by atoms with Crippen molar-refractivity contribution in [3.8, 4) is 0 Å². The Hall–Kier alpha value is -2.82. The van der Waals surface area contributed by atoms with Crippen LogP contribution in [0.3, 0.4) is 0 Å². The van der Waals surface area contributed by atoms with Gasteiger partial charge in [-0.05, 0) is 29.7 Å². The van der Waals surface area contributed by atoms with Gasteiger partial charge < -0.3 is 9.73 Å². The highest BCUT2D eigenvalue weighted by atomic mass is 16.4. The molecule has 2 N–H and O–H groups in total. The number of carbonyl (C=O) groups is 1. The van der Waals surface area contributed by atoms with Crippen LogP contribution in [0.5, 0.6) is 0 Å². The summed E-state index contributed by atoms with van der Waals surface area (Å²) >= 11 is 0. The summed E-state index contributed by atoms with van der Waals surface area (Å²) in [6.07, 6.45) is 1.02. The third-order valence-corrected chi connectivity index (χ3v) is 3.46. The minimum absolute atomic E-state index is 0.00429. The molecular weight excluding hydrogens is 280 g/mol. The van der Waals surface area contributed by atoms with E-state index in [-0.39, 0.29) is 5.91 Å². The highest BCUT2D eigenvalue weighted by Gasteiger charge is 2.05. The normalized spacial score (nSPS) is 10.7. The molecule has 0 radical (unpaired) electrons. The van der Waals surface area contributed by atoms with Crippen molar-refractivity contribution in [2.75, 3.05) is 0 Å². The maximum atomic E-state index is 11.9. The first kappa shape index (κ1) is 14.1. The van der Waals surface area contributed by atoms with E-state index in [2.05, 4.69) is 10.3 Å². The van der Waals surface area contributed by atoms with E-state index in [0.29, 0.717) is 30.5 Å². The number of aromatic nitrogens is 1. The van der Waals surface area contributed by atoms with Crippen molar-refractivity contribution in [1.29, 1.82) is 0 Å². The van der Waals surface area contributed by atoms with Crippen molar-refractivity contribution in [2.45, 2.75) is 19.4 Å². The van der Waals surface area contributed by atoms with Crippen molar-refractivity contribution in [3.63, 3.8) is 0 Å². The van der Waals surface area contributed by atoms with Gasteiger partial charge in [0, 0.05) is 13.0 Å². The van der Waals surface area contributed by atoms with E-state index in [1.54, 1.807) is 6.07 Å². The summed E-state index contributed by atoms with van der Waals surface area (Å²) in [5, 5.41) is 2.90. The maximum Gasteiger partial charge on any atom is 0.417 e. The average molecular weight is 296 g/mol. The van der Waals surface area contributed by atoms with Crippen molar-refractivity contribution >= 4 is 17.0 Å². The zero-order valence-electron chi connectivity index (χ0n) is 12.0. The molecule has 0 fully saturated rings. The zero-order chi connectivity index (χ0) is 15.4. The summed E-state index contributed by atoms with van der Waals surface area (Å²) < 4.78 is 4.95. The molecule has 5 heteroatoms. The number of nitrogens with one attached hydrogen (secondary N) is 2. The molecule has 0 atom stereocenters. The average Bonchev–Trinajstić information content (AvgIpc) is 2.91.